The number of nitrogens with one attached hydrogen (secondary N) is 1. The lowest BCUT2D eigenvalue weighted by Gasteiger charge is -2.16. The number of hydrogen-bond acceptors (Lipinski definition) is 6. The first-order chi connectivity index (χ1) is 16.0. The second-order valence-electron chi connectivity index (χ2n) is 9.00. The van der Waals surface area contributed by atoms with Gasteiger partial charge in [-0.25, -0.2) is 0 Å². The van der Waals surface area contributed by atoms with Crippen LogP contribution in [0.2, 0.25) is 0 Å². The molecule has 1 N–H and O–H groups in total. The average molecular weight is 464 g/mol. The highest BCUT2D eigenvalue weighted by Crippen LogP contribution is 2.36. The van der Waals surface area contributed by atoms with Crippen LogP contribution in [-0.4, -0.2) is 42.4 Å². The van der Waals surface area contributed by atoms with Gasteiger partial charge in [0, 0.05) is 23.2 Å². The molecule has 0 atom stereocenters. The molecule has 0 unspecified atom stereocenters. The van der Waals surface area contributed by atoms with Crippen molar-refractivity contribution in [1.29, 1.82) is 0 Å². The predicted molar refractivity (Wildman–Crippen MR) is 134 cm³/mol. The predicted octanol–water partition coefficient (Wildman–Crippen LogP) is 5.85. The molecule has 0 radical (unpaired) electrons. The smallest absolute Gasteiger partial charge is 0.224 e. The van der Waals surface area contributed by atoms with Crippen molar-refractivity contribution in [3.05, 3.63) is 58.5 Å². The van der Waals surface area contributed by atoms with Crippen molar-refractivity contribution >= 4 is 17.4 Å². The Bertz CT molecular complexity index is 1170. The molecule has 34 heavy (non-hydrogen) atoms. The highest BCUT2D eigenvalue weighted by molar-refractivity contribution is 5.96. The van der Waals surface area contributed by atoms with Gasteiger partial charge in [0.2, 0.25) is 5.91 Å². The number of aryl methyl sites for hydroxylation is 4. The van der Waals surface area contributed by atoms with Gasteiger partial charge in [0.15, 0.2) is 5.78 Å². The topological polar surface area (TPSA) is 84.7 Å². The van der Waals surface area contributed by atoms with E-state index in [2.05, 4.69) is 15.4 Å². The molecule has 3 rings (SSSR count). The molecule has 0 aliphatic carbocycles. The Morgan fingerprint density at radius 2 is 1.71 bits per heavy atom. The van der Waals surface area contributed by atoms with Crippen molar-refractivity contribution < 1.29 is 18.8 Å². The number of Topliss-reactive ketones (excluding diaryl/α,β-unsaturated/α-hetero) is 1. The summed E-state index contributed by atoms with van der Waals surface area (Å²) in [5.41, 5.74) is 5.48. The van der Waals surface area contributed by atoms with Crippen LogP contribution in [0.1, 0.15) is 52.7 Å². The SMILES string of the molecule is CC(=O)c1cc(Oc2c(C)cc(NC(=O)CCCN(C)C)cc2C)cc(-c2c(C)noc2C)c1. The van der Waals surface area contributed by atoms with Crippen LogP contribution in [0.15, 0.2) is 34.9 Å². The molecule has 0 aliphatic heterocycles. The van der Waals surface area contributed by atoms with Crippen molar-refractivity contribution in [2.75, 3.05) is 26.0 Å². The number of benzene rings is 2. The molecular formula is C27H33N3O4. The Kier molecular flexibility index (Phi) is 7.89. The number of anilines is 1. The maximum absolute atomic E-state index is 12.3. The Morgan fingerprint density at radius 1 is 1.03 bits per heavy atom. The molecule has 2 aromatic carbocycles. The third kappa shape index (κ3) is 6.11. The molecule has 0 fully saturated rings. The van der Waals surface area contributed by atoms with E-state index in [1.165, 1.54) is 6.92 Å². The number of amides is 1. The van der Waals surface area contributed by atoms with Gasteiger partial charge < -0.3 is 19.5 Å². The van der Waals surface area contributed by atoms with Crippen molar-refractivity contribution in [3.8, 4) is 22.6 Å². The van der Waals surface area contributed by atoms with Gasteiger partial charge in [-0.15, -0.1) is 0 Å². The van der Waals surface area contributed by atoms with Crippen LogP contribution in [-0.2, 0) is 4.79 Å². The molecule has 1 aromatic heterocycles. The van der Waals surface area contributed by atoms with E-state index >= 15 is 0 Å². The quantitative estimate of drug-likeness (QED) is 0.401. The largest absolute Gasteiger partial charge is 0.457 e. The van der Waals surface area contributed by atoms with Crippen LogP contribution in [0.4, 0.5) is 5.69 Å². The zero-order valence-corrected chi connectivity index (χ0v) is 21.0. The van der Waals surface area contributed by atoms with E-state index < -0.39 is 0 Å². The van der Waals surface area contributed by atoms with Crippen LogP contribution in [0.5, 0.6) is 11.5 Å². The summed E-state index contributed by atoms with van der Waals surface area (Å²) in [7, 11) is 3.99. The fourth-order valence-electron chi connectivity index (χ4n) is 3.98. The summed E-state index contributed by atoms with van der Waals surface area (Å²) in [5.74, 6) is 1.86. The van der Waals surface area contributed by atoms with Crippen LogP contribution in [0, 0.1) is 27.7 Å². The fraction of sp³-hybridized carbons (Fsp3) is 0.370. The molecule has 180 valence electrons. The summed E-state index contributed by atoms with van der Waals surface area (Å²) in [6, 6.07) is 9.25. The highest BCUT2D eigenvalue weighted by atomic mass is 16.5. The number of aromatic nitrogens is 1. The first-order valence-electron chi connectivity index (χ1n) is 11.4. The Labute approximate surface area is 201 Å². The van der Waals surface area contributed by atoms with Crippen molar-refractivity contribution in [2.24, 2.45) is 0 Å². The van der Waals surface area contributed by atoms with Crippen LogP contribution >= 0.6 is 0 Å². The first-order valence-corrected chi connectivity index (χ1v) is 11.4. The number of carbonyl (C=O) groups is 2. The Hall–Kier alpha value is -3.45. The molecule has 1 heterocycles. The van der Waals surface area contributed by atoms with E-state index in [1.54, 1.807) is 6.07 Å². The molecule has 0 saturated heterocycles. The van der Waals surface area contributed by atoms with Gasteiger partial charge in [0.1, 0.15) is 17.3 Å². The summed E-state index contributed by atoms with van der Waals surface area (Å²) in [6.07, 6.45) is 1.27. The summed E-state index contributed by atoms with van der Waals surface area (Å²) >= 11 is 0. The van der Waals surface area contributed by atoms with Gasteiger partial charge in [-0.3, -0.25) is 9.59 Å². The standard InChI is InChI=1S/C27H33N3O4/c1-16-11-23(28-25(32)9-8-10-30(6)7)12-17(2)27(16)33-24-14-21(19(4)31)13-22(15-24)26-18(3)29-34-20(26)5/h11-15H,8-10H2,1-7H3,(H,28,32). The van der Waals surface area contributed by atoms with E-state index in [0.29, 0.717) is 29.2 Å². The second-order valence-corrected chi connectivity index (χ2v) is 9.00. The monoisotopic (exact) mass is 463 g/mol. The van der Waals surface area contributed by atoms with E-state index in [4.69, 9.17) is 9.26 Å². The minimum atomic E-state index is -0.0563. The lowest BCUT2D eigenvalue weighted by atomic mass is 9.99. The highest BCUT2D eigenvalue weighted by Gasteiger charge is 2.17. The number of hydrogen-bond donors (Lipinski definition) is 1. The number of nitrogens with zero attached hydrogens (tertiary/aromatic N) is 2. The van der Waals surface area contributed by atoms with E-state index in [9.17, 15) is 9.59 Å². The van der Waals surface area contributed by atoms with E-state index in [1.807, 2.05) is 66.1 Å². The normalized spacial score (nSPS) is 11.1. The molecule has 0 saturated carbocycles. The van der Waals surface area contributed by atoms with Crippen LogP contribution in [0.3, 0.4) is 0 Å². The third-order valence-corrected chi connectivity index (χ3v) is 5.61. The summed E-state index contributed by atoms with van der Waals surface area (Å²) in [4.78, 5) is 26.6. The molecule has 7 nitrogen and oxygen atoms in total. The minimum Gasteiger partial charge on any atom is -0.457 e. The van der Waals surface area contributed by atoms with Gasteiger partial charge in [-0.05, 0) is 109 Å². The minimum absolute atomic E-state index is 0.00687. The molecule has 7 heteroatoms. The summed E-state index contributed by atoms with van der Waals surface area (Å²) < 4.78 is 11.6. The molecule has 0 aliphatic rings. The zero-order chi connectivity index (χ0) is 25.0. The maximum Gasteiger partial charge on any atom is 0.224 e. The lowest BCUT2D eigenvalue weighted by Crippen LogP contribution is -2.17. The summed E-state index contributed by atoms with van der Waals surface area (Å²) in [6.45, 7) is 9.99. The Balaban J connectivity index is 1.86. The fourth-order valence-corrected chi connectivity index (χ4v) is 3.98. The van der Waals surface area contributed by atoms with Crippen molar-refractivity contribution in [3.63, 3.8) is 0 Å². The number of ether oxygens (including phenoxy) is 1. The molecule has 0 bridgehead atoms. The van der Waals surface area contributed by atoms with Gasteiger partial charge >= 0.3 is 0 Å². The van der Waals surface area contributed by atoms with Gasteiger partial charge in [0.05, 0.1) is 5.69 Å². The third-order valence-electron chi connectivity index (χ3n) is 5.61. The molecule has 1 amide bonds. The number of rotatable bonds is 9. The zero-order valence-electron chi connectivity index (χ0n) is 21.0. The molecule has 0 spiro atoms. The van der Waals surface area contributed by atoms with E-state index in [0.717, 1.165) is 46.6 Å². The van der Waals surface area contributed by atoms with Crippen molar-refractivity contribution in [1.82, 2.24) is 10.1 Å². The molecular weight excluding hydrogens is 430 g/mol. The van der Waals surface area contributed by atoms with E-state index in [-0.39, 0.29) is 11.7 Å². The Morgan fingerprint density at radius 3 is 2.26 bits per heavy atom. The number of ketones is 1. The maximum atomic E-state index is 12.3. The summed E-state index contributed by atoms with van der Waals surface area (Å²) in [5, 5.41) is 7.01. The van der Waals surface area contributed by atoms with Crippen LogP contribution in [0.25, 0.3) is 11.1 Å². The van der Waals surface area contributed by atoms with Crippen LogP contribution < -0.4 is 10.1 Å². The van der Waals surface area contributed by atoms with Gasteiger partial charge in [0.25, 0.3) is 0 Å². The number of carbonyl (C=O) groups excluding carboxylic acids is 2. The first kappa shape index (κ1) is 25.2. The second kappa shape index (κ2) is 10.7. The van der Waals surface area contributed by atoms with Gasteiger partial charge in [-0.1, -0.05) is 5.16 Å². The lowest BCUT2D eigenvalue weighted by molar-refractivity contribution is -0.116. The van der Waals surface area contributed by atoms with Gasteiger partial charge in [-0.2, -0.15) is 0 Å². The van der Waals surface area contributed by atoms with Crippen molar-refractivity contribution in [2.45, 2.75) is 47.5 Å². The average Bonchev–Trinajstić information content (AvgIpc) is 3.08. The molecule has 3 aromatic rings.